The highest BCUT2D eigenvalue weighted by Gasteiger charge is 2.59. The normalized spacial score (nSPS) is 38.6. The highest BCUT2D eigenvalue weighted by molar-refractivity contribution is 6.43. The zero-order valence-electron chi connectivity index (χ0n) is 36.7. The van der Waals surface area contributed by atoms with Crippen LogP contribution in [0.5, 0.6) is 0 Å². The van der Waals surface area contributed by atoms with Gasteiger partial charge in [0.25, 0.3) is 11.8 Å². The molecule has 0 aromatic carbocycles. The van der Waals surface area contributed by atoms with E-state index in [9.17, 15) is 39.3 Å². The van der Waals surface area contributed by atoms with Crippen molar-refractivity contribution >= 4 is 52.9 Å². The number of likely N-dealkylation sites (tertiary alicyclic amines) is 1. The van der Waals surface area contributed by atoms with Crippen molar-refractivity contribution in [3.8, 4) is 0 Å². The summed E-state index contributed by atoms with van der Waals surface area (Å²) in [4.78, 5) is 70.5. The van der Waals surface area contributed by atoms with E-state index in [4.69, 9.17) is 57.4 Å². The SMILES string of the molecule is C=C1CC[C@@H](O[C@H]2C[C@@](O)([C@H](C)NC(=O)c3[nH]cc(Cl)c3Cl)[C@H](O)[C@@H](C)O2)[C@@H]2CC[C@H](C)[C@H](/C(O)=C3\C(=O)[C@H](C(C)C)N([C@@H]4O[C@@H](C)[C@@H](OC(N)=O)[C@@H](OC(C)=O)[C@H]4OC)C3=O)[C@@H]12. The number of allylic oxidation sites excluding steroid dienone is 2. The second-order valence-corrected chi connectivity index (χ2v) is 18.8. The Morgan fingerprint density at radius 2 is 1.73 bits per heavy atom. The van der Waals surface area contributed by atoms with Crippen molar-refractivity contribution in [2.24, 2.45) is 35.3 Å². The minimum absolute atomic E-state index is 0.00460. The fourth-order valence-corrected chi connectivity index (χ4v) is 10.9. The lowest BCUT2D eigenvalue weighted by Gasteiger charge is -2.51. The number of hydrogen-bond donors (Lipinski definition) is 6. The molecule has 4 heterocycles. The van der Waals surface area contributed by atoms with Gasteiger partial charge in [-0.15, -0.1) is 0 Å². The van der Waals surface area contributed by atoms with Crippen molar-refractivity contribution in [2.45, 2.75) is 154 Å². The highest BCUT2D eigenvalue weighted by atomic mass is 35.5. The van der Waals surface area contributed by atoms with E-state index >= 15 is 0 Å². The Balaban J connectivity index is 1.27. The number of aliphatic hydroxyl groups excluding tert-OH is 2. The van der Waals surface area contributed by atoms with E-state index in [2.05, 4.69) is 16.9 Å². The Hall–Kier alpha value is -3.75. The molecule has 6 rings (SSSR count). The number of hydrogen-bond acceptors (Lipinski definition) is 14. The molecule has 16 atom stereocenters. The van der Waals surface area contributed by atoms with Gasteiger partial charge in [0.2, 0.25) is 0 Å². The van der Waals surface area contributed by atoms with Crippen LogP contribution in [0.2, 0.25) is 10.0 Å². The molecular weight excluding hydrogens is 867 g/mol. The van der Waals surface area contributed by atoms with Gasteiger partial charge in [0.05, 0.1) is 34.4 Å². The standard InChI is InChI=1S/C43H60Cl2N4O14/c1-16(2)32-34(52)29(40(55)49(32)41-37(58-9)36(61-22(8)50)35(19(5)60-41)63-42(46)56)33(51)28-18(4)10-12-23-25(13-11-17(3)27(23)28)62-26-14-43(57,38(53)20(6)59-26)21(7)48-39(54)31-30(45)24(44)15-47-31/h15-16,18-21,23,25-28,32,35-38,41,47,51,53,57H,3,10-14H2,1-2,4-9H3,(H2,46,56)(H,48,54)/b33-29-/t18-,19-,20+,21-,23-,25+,26-,27-,28-,32-,35+,36+,37+,38+,41+,43+/m0/s1. The molecule has 18 nitrogen and oxygen atoms in total. The molecule has 0 bridgehead atoms. The molecule has 2 aliphatic carbocycles. The van der Waals surface area contributed by atoms with Gasteiger partial charge >= 0.3 is 12.1 Å². The first-order valence-electron chi connectivity index (χ1n) is 21.4. The fraction of sp³-hybridized carbons (Fsp3) is 0.698. The van der Waals surface area contributed by atoms with Crippen LogP contribution >= 0.6 is 23.2 Å². The molecule has 5 aliphatic rings. The molecule has 5 fully saturated rings. The maximum Gasteiger partial charge on any atom is 0.405 e. The third-order valence-electron chi connectivity index (χ3n) is 13.7. The molecule has 0 radical (unpaired) electrons. The Labute approximate surface area is 376 Å². The lowest BCUT2D eigenvalue weighted by molar-refractivity contribution is -0.298. The molecule has 2 saturated carbocycles. The molecule has 3 aliphatic heterocycles. The maximum absolute atomic E-state index is 14.8. The van der Waals surface area contributed by atoms with Gasteiger partial charge in [0.15, 0.2) is 30.5 Å². The summed E-state index contributed by atoms with van der Waals surface area (Å²) in [5.41, 5.74) is 3.85. The van der Waals surface area contributed by atoms with Crippen molar-refractivity contribution in [1.82, 2.24) is 15.2 Å². The van der Waals surface area contributed by atoms with Gasteiger partial charge in [-0.3, -0.25) is 24.1 Å². The number of nitrogens with two attached hydrogens (primary N) is 1. The number of aromatic amines is 1. The number of nitrogens with zero attached hydrogens (tertiary/aromatic N) is 1. The van der Waals surface area contributed by atoms with Gasteiger partial charge in [0.1, 0.15) is 40.9 Å². The van der Waals surface area contributed by atoms with E-state index < -0.39 is 126 Å². The Morgan fingerprint density at radius 3 is 2.32 bits per heavy atom. The first kappa shape index (κ1) is 48.7. The largest absolute Gasteiger partial charge is 0.511 e. The van der Waals surface area contributed by atoms with Gasteiger partial charge in [-0.25, -0.2) is 4.79 Å². The van der Waals surface area contributed by atoms with Crippen LogP contribution in [0, 0.1) is 29.6 Å². The lowest BCUT2D eigenvalue weighted by Crippen LogP contribution is -2.66. The summed E-state index contributed by atoms with van der Waals surface area (Å²) in [6.45, 7) is 15.7. The number of halogens is 2. The van der Waals surface area contributed by atoms with E-state index in [1.54, 1.807) is 34.6 Å². The fourth-order valence-electron chi connectivity index (χ4n) is 10.6. The van der Waals surface area contributed by atoms with Crippen molar-refractivity contribution in [3.63, 3.8) is 0 Å². The van der Waals surface area contributed by atoms with Crippen molar-refractivity contribution in [1.29, 1.82) is 0 Å². The van der Waals surface area contributed by atoms with Crippen molar-refractivity contribution in [2.75, 3.05) is 7.11 Å². The van der Waals surface area contributed by atoms with Crippen LogP contribution < -0.4 is 11.1 Å². The summed E-state index contributed by atoms with van der Waals surface area (Å²) < 4.78 is 35.6. The number of Topliss-reactive ketones (excluding diaryl/α,β-unsaturated/α-hetero) is 1. The predicted octanol–water partition coefficient (Wildman–Crippen LogP) is 4.08. The average Bonchev–Trinajstić information content (AvgIpc) is 3.68. The van der Waals surface area contributed by atoms with Gasteiger partial charge in [-0.1, -0.05) is 56.1 Å². The minimum Gasteiger partial charge on any atom is -0.511 e. The molecule has 1 aromatic rings. The number of aromatic nitrogens is 1. The number of nitrogens with one attached hydrogen (secondary N) is 2. The number of fused-ring (bicyclic) bond motifs is 1. The van der Waals surface area contributed by atoms with Crippen LogP contribution in [0.1, 0.15) is 91.1 Å². The number of carbonyl (C=O) groups is 5. The third kappa shape index (κ3) is 9.11. The van der Waals surface area contributed by atoms with Crippen LogP contribution in [0.3, 0.4) is 0 Å². The first-order valence-corrected chi connectivity index (χ1v) is 22.1. The molecule has 0 spiro atoms. The Morgan fingerprint density at radius 1 is 1.05 bits per heavy atom. The number of rotatable bonds is 11. The summed E-state index contributed by atoms with van der Waals surface area (Å²) in [5, 5.41) is 38.5. The Kier molecular flexibility index (Phi) is 14.7. The highest BCUT2D eigenvalue weighted by Crippen LogP contribution is 2.53. The number of amides is 3. The number of H-pyrrole nitrogens is 1. The Bertz CT molecular complexity index is 1990. The average molecular weight is 928 g/mol. The molecule has 3 saturated heterocycles. The molecule has 7 N–H and O–H groups in total. The number of ether oxygens (including phenoxy) is 6. The van der Waals surface area contributed by atoms with Crippen LogP contribution in [-0.4, -0.2) is 135 Å². The number of carbonyl (C=O) groups excluding carboxylic acids is 5. The summed E-state index contributed by atoms with van der Waals surface area (Å²) in [6, 6.07) is -2.13. The van der Waals surface area contributed by atoms with Gasteiger partial charge in [0, 0.05) is 32.6 Å². The predicted molar refractivity (Wildman–Crippen MR) is 225 cm³/mol. The maximum atomic E-state index is 14.8. The summed E-state index contributed by atoms with van der Waals surface area (Å²) in [7, 11) is 1.30. The molecular formula is C43H60Cl2N4O14. The van der Waals surface area contributed by atoms with Gasteiger partial charge in [-0.05, 0) is 70.1 Å². The van der Waals surface area contributed by atoms with Crippen LogP contribution in [-0.2, 0) is 42.8 Å². The molecule has 63 heavy (non-hydrogen) atoms. The zero-order chi connectivity index (χ0) is 46.6. The van der Waals surface area contributed by atoms with E-state index in [1.165, 1.54) is 18.2 Å². The third-order valence-corrected chi connectivity index (χ3v) is 14.5. The summed E-state index contributed by atoms with van der Waals surface area (Å²) >= 11 is 12.2. The smallest absolute Gasteiger partial charge is 0.405 e. The van der Waals surface area contributed by atoms with Crippen LogP contribution in [0.25, 0.3) is 0 Å². The molecule has 3 amide bonds. The summed E-state index contributed by atoms with van der Waals surface area (Å²) in [6.07, 6.45) is -7.65. The first-order chi connectivity index (χ1) is 29.5. The second kappa shape index (κ2) is 19.0. The van der Waals surface area contributed by atoms with Crippen LogP contribution in [0.4, 0.5) is 4.79 Å². The number of esters is 1. The lowest BCUT2D eigenvalue weighted by atomic mass is 9.58. The molecule has 350 valence electrons. The quantitative estimate of drug-likeness (QED) is 0.0601. The topological polar surface area (TPSA) is 258 Å². The van der Waals surface area contributed by atoms with E-state index in [-0.39, 0.29) is 39.8 Å². The number of aliphatic hydroxyl groups is 3. The zero-order valence-corrected chi connectivity index (χ0v) is 38.2. The number of primary amides is 1. The minimum atomic E-state index is -1.90. The molecule has 0 unspecified atom stereocenters. The number of methoxy groups -OCH3 is 1. The second-order valence-electron chi connectivity index (χ2n) is 18.0. The van der Waals surface area contributed by atoms with E-state index in [0.29, 0.717) is 25.7 Å². The van der Waals surface area contributed by atoms with E-state index in [1.807, 2.05) is 6.92 Å². The van der Waals surface area contributed by atoms with Crippen molar-refractivity contribution in [3.05, 3.63) is 45.4 Å². The van der Waals surface area contributed by atoms with Crippen molar-refractivity contribution < 1.29 is 67.7 Å². The molecule has 20 heteroatoms. The van der Waals surface area contributed by atoms with Gasteiger partial charge in [-0.2, -0.15) is 0 Å². The number of ketones is 1. The van der Waals surface area contributed by atoms with Crippen LogP contribution in [0.15, 0.2) is 29.7 Å². The van der Waals surface area contributed by atoms with E-state index in [0.717, 1.165) is 12.5 Å². The summed E-state index contributed by atoms with van der Waals surface area (Å²) in [5.74, 6) is -5.29. The van der Waals surface area contributed by atoms with Gasteiger partial charge < -0.3 is 59.8 Å². The monoisotopic (exact) mass is 926 g/mol. The molecule has 1 aromatic heterocycles.